The molecular formula is C13H16ClF2N. The molecule has 0 saturated carbocycles. The van der Waals surface area contributed by atoms with Crippen molar-refractivity contribution in [3.63, 3.8) is 0 Å². The number of alkyl halides is 1. The number of hydrogen-bond donors (Lipinski definition) is 0. The molecule has 1 aliphatic rings. The Labute approximate surface area is 105 Å². The van der Waals surface area contributed by atoms with Crippen molar-refractivity contribution in [2.75, 3.05) is 13.1 Å². The summed E-state index contributed by atoms with van der Waals surface area (Å²) in [7, 11) is 0. The summed E-state index contributed by atoms with van der Waals surface area (Å²) in [6, 6.07) is 4.33. The van der Waals surface area contributed by atoms with Crippen molar-refractivity contribution in [3.05, 3.63) is 35.4 Å². The Morgan fingerprint density at radius 2 is 2.18 bits per heavy atom. The molecule has 1 aliphatic heterocycles. The molecule has 0 bridgehead atoms. The van der Waals surface area contributed by atoms with E-state index >= 15 is 0 Å². The zero-order chi connectivity index (χ0) is 12.4. The van der Waals surface area contributed by atoms with Gasteiger partial charge in [0.15, 0.2) is 11.6 Å². The molecule has 0 amide bonds. The standard InChI is InChI=1S/C13H16ClF2N/c1-9-7-17(6-5-11(9)14)8-10-3-2-4-12(15)13(10)16/h2-4,9,11H,5-8H2,1H3. The predicted molar refractivity (Wildman–Crippen MR) is 65.1 cm³/mol. The van der Waals surface area contributed by atoms with Crippen LogP contribution in [0.4, 0.5) is 8.78 Å². The van der Waals surface area contributed by atoms with Gasteiger partial charge in [-0.25, -0.2) is 8.78 Å². The Morgan fingerprint density at radius 1 is 1.41 bits per heavy atom. The number of nitrogens with zero attached hydrogens (tertiary/aromatic N) is 1. The molecular weight excluding hydrogens is 244 g/mol. The Balaban J connectivity index is 2.04. The van der Waals surface area contributed by atoms with Crippen molar-refractivity contribution in [3.8, 4) is 0 Å². The van der Waals surface area contributed by atoms with Crippen LogP contribution < -0.4 is 0 Å². The number of hydrogen-bond acceptors (Lipinski definition) is 1. The summed E-state index contributed by atoms with van der Waals surface area (Å²) in [6.07, 6.45) is 0.902. The number of halogens is 3. The van der Waals surface area contributed by atoms with Gasteiger partial charge >= 0.3 is 0 Å². The van der Waals surface area contributed by atoms with Gasteiger partial charge in [-0.3, -0.25) is 4.90 Å². The van der Waals surface area contributed by atoms with E-state index in [1.165, 1.54) is 0 Å². The molecule has 4 heteroatoms. The van der Waals surface area contributed by atoms with E-state index in [2.05, 4.69) is 11.8 Å². The lowest BCUT2D eigenvalue weighted by Gasteiger charge is -2.34. The maximum Gasteiger partial charge on any atom is 0.163 e. The molecule has 1 aromatic carbocycles. The minimum Gasteiger partial charge on any atom is -0.299 e. The van der Waals surface area contributed by atoms with Crippen LogP contribution in [-0.4, -0.2) is 23.4 Å². The van der Waals surface area contributed by atoms with E-state index in [4.69, 9.17) is 11.6 Å². The highest BCUT2D eigenvalue weighted by molar-refractivity contribution is 6.20. The van der Waals surface area contributed by atoms with Crippen molar-refractivity contribution in [1.82, 2.24) is 4.90 Å². The van der Waals surface area contributed by atoms with Crippen molar-refractivity contribution in [1.29, 1.82) is 0 Å². The van der Waals surface area contributed by atoms with E-state index < -0.39 is 11.6 Å². The number of likely N-dealkylation sites (tertiary alicyclic amines) is 1. The highest BCUT2D eigenvalue weighted by Gasteiger charge is 2.24. The van der Waals surface area contributed by atoms with Crippen molar-refractivity contribution >= 4 is 11.6 Å². The molecule has 1 heterocycles. The van der Waals surface area contributed by atoms with Crippen LogP contribution in [-0.2, 0) is 6.54 Å². The van der Waals surface area contributed by atoms with Crippen LogP contribution in [0.3, 0.4) is 0 Å². The zero-order valence-electron chi connectivity index (χ0n) is 9.80. The van der Waals surface area contributed by atoms with Gasteiger partial charge in [0.25, 0.3) is 0 Å². The van der Waals surface area contributed by atoms with E-state index in [1.54, 1.807) is 12.1 Å². The second kappa shape index (κ2) is 5.32. The van der Waals surface area contributed by atoms with Gasteiger partial charge in [-0.05, 0) is 24.9 Å². The minimum absolute atomic E-state index is 0.198. The van der Waals surface area contributed by atoms with Crippen LogP contribution in [0.1, 0.15) is 18.9 Å². The molecule has 0 aliphatic carbocycles. The average Bonchev–Trinajstić information content (AvgIpc) is 2.30. The second-order valence-corrected chi connectivity index (χ2v) is 5.29. The Hall–Kier alpha value is -0.670. The van der Waals surface area contributed by atoms with E-state index in [0.29, 0.717) is 18.0 Å². The van der Waals surface area contributed by atoms with Crippen LogP contribution >= 0.6 is 11.6 Å². The summed E-state index contributed by atoms with van der Waals surface area (Å²) in [5.41, 5.74) is 0.422. The normalized spacial score (nSPS) is 26.1. The topological polar surface area (TPSA) is 3.24 Å². The van der Waals surface area contributed by atoms with Gasteiger partial charge in [0, 0.05) is 24.0 Å². The van der Waals surface area contributed by atoms with Gasteiger partial charge < -0.3 is 0 Å². The van der Waals surface area contributed by atoms with Crippen molar-refractivity contribution in [2.45, 2.75) is 25.3 Å². The molecule has 1 aromatic rings. The van der Waals surface area contributed by atoms with Crippen LogP contribution in [0, 0.1) is 17.6 Å². The number of piperidine rings is 1. The quantitative estimate of drug-likeness (QED) is 0.736. The van der Waals surface area contributed by atoms with Crippen molar-refractivity contribution in [2.24, 2.45) is 5.92 Å². The molecule has 0 aromatic heterocycles. The largest absolute Gasteiger partial charge is 0.299 e. The Bertz CT molecular complexity index is 397. The van der Waals surface area contributed by atoms with E-state index in [9.17, 15) is 8.78 Å². The van der Waals surface area contributed by atoms with E-state index in [-0.39, 0.29) is 5.38 Å². The fraction of sp³-hybridized carbons (Fsp3) is 0.538. The first-order valence-corrected chi connectivity index (χ1v) is 6.31. The lowest BCUT2D eigenvalue weighted by molar-refractivity contribution is 0.177. The lowest BCUT2D eigenvalue weighted by Crippen LogP contribution is -2.39. The van der Waals surface area contributed by atoms with Gasteiger partial charge in [-0.15, -0.1) is 11.6 Å². The van der Waals surface area contributed by atoms with Gasteiger partial charge in [0.2, 0.25) is 0 Å². The van der Waals surface area contributed by atoms with Gasteiger partial charge in [0.05, 0.1) is 0 Å². The average molecular weight is 260 g/mol. The second-order valence-electron chi connectivity index (χ2n) is 4.73. The summed E-state index contributed by atoms with van der Waals surface area (Å²) < 4.78 is 26.6. The fourth-order valence-corrected chi connectivity index (χ4v) is 2.44. The van der Waals surface area contributed by atoms with E-state index in [1.807, 2.05) is 0 Å². The molecule has 17 heavy (non-hydrogen) atoms. The number of benzene rings is 1. The molecule has 0 radical (unpaired) electrons. The molecule has 0 spiro atoms. The van der Waals surface area contributed by atoms with Crippen LogP contribution in [0.2, 0.25) is 0 Å². The highest BCUT2D eigenvalue weighted by atomic mass is 35.5. The molecule has 2 rings (SSSR count). The van der Waals surface area contributed by atoms with Gasteiger partial charge in [-0.1, -0.05) is 19.1 Å². The first kappa shape index (κ1) is 12.8. The Kier molecular flexibility index (Phi) is 4.00. The maximum absolute atomic E-state index is 13.5. The van der Waals surface area contributed by atoms with E-state index in [0.717, 1.165) is 25.6 Å². The first-order valence-electron chi connectivity index (χ1n) is 5.87. The summed E-state index contributed by atoms with van der Waals surface area (Å²) in [6.45, 7) is 4.22. The maximum atomic E-state index is 13.5. The Morgan fingerprint density at radius 3 is 2.88 bits per heavy atom. The monoisotopic (exact) mass is 259 g/mol. The molecule has 94 valence electrons. The molecule has 0 N–H and O–H groups in total. The third-order valence-electron chi connectivity index (χ3n) is 3.31. The van der Waals surface area contributed by atoms with Crippen LogP contribution in [0.25, 0.3) is 0 Å². The SMILES string of the molecule is CC1CN(Cc2cccc(F)c2F)CCC1Cl. The lowest BCUT2D eigenvalue weighted by atomic mass is 9.99. The fourth-order valence-electron chi connectivity index (χ4n) is 2.26. The molecule has 1 fully saturated rings. The minimum atomic E-state index is -0.775. The first-order chi connectivity index (χ1) is 8.08. The highest BCUT2D eigenvalue weighted by Crippen LogP contribution is 2.23. The molecule has 2 unspecified atom stereocenters. The molecule has 2 atom stereocenters. The van der Waals surface area contributed by atoms with Crippen molar-refractivity contribution < 1.29 is 8.78 Å². The van der Waals surface area contributed by atoms with Crippen LogP contribution in [0.15, 0.2) is 18.2 Å². The predicted octanol–water partition coefficient (Wildman–Crippen LogP) is 3.41. The van der Waals surface area contributed by atoms with Crippen LogP contribution in [0.5, 0.6) is 0 Å². The zero-order valence-corrected chi connectivity index (χ0v) is 10.6. The molecule has 1 nitrogen and oxygen atoms in total. The summed E-state index contributed by atoms with van der Waals surface area (Å²) in [5, 5.41) is 0.198. The third kappa shape index (κ3) is 2.96. The molecule has 1 saturated heterocycles. The summed E-state index contributed by atoms with van der Waals surface area (Å²) in [5.74, 6) is -1.11. The number of rotatable bonds is 2. The summed E-state index contributed by atoms with van der Waals surface area (Å²) in [4.78, 5) is 2.13. The smallest absolute Gasteiger partial charge is 0.163 e. The van der Waals surface area contributed by atoms with Gasteiger partial charge in [-0.2, -0.15) is 0 Å². The third-order valence-corrected chi connectivity index (χ3v) is 3.96. The van der Waals surface area contributed by atoms with Gasteiger partial charge in [0.1, 0.15) is 0 Å². The summed E-state index contributed by atoms with van der Waals surface area (Å²) >= 11 is 6.13.